The molecule has 19 heavy (non-hydrogen) atoms. The SMILES string of the molecule is C#CN(C)C(=O)c1cncc(F)c1-c1ccccc1. The third-order valence-corrected chi connectivity index (χ3v) is 2.69. The predicted molar refractivity (Wildman–Crippen MR) is 70.6 cm³/mol. The molecule has 0 radical (unpaired) electrons. The van der Waals surface area contributed by atoms with Crippen LogP contribution in [0.25, 0.3) is 11.1 Å². The van der Waals surface area contributed by atoms with E-state index in [9.17, 15) is 9.18 Å². The van der Waals surface area contributed by atoms with Crippen LogP contribution >= 0.6 is 0 Å². The van der Waals surface area contributed by atoms with E-state index in [0.29, 0.717) is 5.56 Å². The van der Waals surface area contributed by atoms with Gasteiger partial charge in [-0.2, -0.15) is 0 Å². The minimum atomic E-state index is -0.553. The highest BCUT2D eigenvalue weighted by molar-refractivity contribution is 6.01. The largest absolute Gasteiger partial charge is 0.271 e. The molecular weight excluding hydrogens is 243 g/mol. The lowest BCUT2D eigenvalue weighted by atomic mass is 10.0. The molecule has 0 saturated carbocycles. The molecule has 1 aromatic heterocycles. The number of rotatable bonds is 2. The number of benzene rings is 1. The summed E-state index contributed by atoms with van der Waals surface area (Å²) in [7, 11) is 1.45. The number of nitrogens with zero attached hydrogens (tertiary/aromatic N) is 2. The van der Waals surface area contributed by atoms with Crippen LogP contribution in [0.1, 0.15) is 10.4 Å². The van der Waals surface area contributed by atoms with Gasteiger partial charge in [0.15, 0.2) is 0 Å². The number of amides is 1. The average Bonchev–Trinajstić information content (AvgIpc) is 2.46. The van der Waals surface area contributed by atoms with E-state index in [-0.39, 0.29) is 11.1 Å². The van der Waals surface area contributed by atoms with Crippen molar-refractivity contribution >= 4 is 5.91 Å². The van der Waals surface area contributed by atoms with Crippen LogP contribution in [0.5, 0.6) is 0 Å². The molecular formula is C15H11FN2O. The van der Waals surface area contributed by atoms with E-state index in [2.05, 4.69) is 11.0 Å². The maximum absolute atomic E-state index is 14.0. The molecule has 0 aliphatic rings. The number of aromatic nitrogens is 1. The topological polar surface area (TPSA) is 33.2 Å². The summed E-state index contributed by atoms with van der Waals surface area (Å²) in [5.74, 6) is -1.02. The lowest BCUT2D eigenvalue weighted by Crippen LogP contribution is -2.22. The highest BCUT2D eigenvalue weighted by Gasteiger charge is 2.19. The Bertz CT molecular complexity index is 647. The van der Waals surface area contributed by atoms with Gasteiger partial charge in [0.25, 0.3) is 5.91 Å². The van der Waals surface area contributed by atoms with Crippen molar-refractivity contribution in [3.8, 4) is 23.6 Å². The van der Waals surface area contributed by atoms with Gasteiger partial charge in [-0.15, -0.1) is 0 Å². The smallest absolute Gasteiger partial charge is 0.267 e. The zero-order valence-corrected chi connectivity index (χ0v) is 10.3. The van der Waals surface area contributed by atoms with Crippen molar-refractivity contribution in [3.05, 3.63) is 54.1 Å². The monoisotopic (exact) mass is 254 g/mol. The van der Waals surface area contributed by atoms with E-state index in [1.165, 1.54) is 13.2 Å². The second-order valence-electron chi connectivity index (χ2n) is 3.90. The number of carbonyl (C=O) groups excluding carboxylic acids is 1. The molecule has 0 N–H and O–H groups in total. The molecule has 3 nitrogen and oxygen atoms in total. The van der Waals surface area contributed by atoms with Crippen molar-refractivity contribution in [1.82, 2.24) is 9.88 Å². The van der Waals surface area contributed by atoms with Gasteiger partial charge in [-0.05, 0) is 5.56 Å². The molecule has 2 rings (SSSR count). The third-order valence-electron chi connectivity index (χ3n) is 2.69. The number of pyridine rings is 1. The molecule has 0 unspecified atom stereocenters. The Morgan fingerprint density at radius 3 is 2.63 bits per heavy atom. The maximum atomic E-state index is 14.0. The molecule has 94 valence electrons. The second-order valence-corrected chi connectivity index (χ2v) is 3.90. The Labute approximate surface area is 110 Å². The number of carbonyl (C=O) groups is 1. The Morgan fingerprint density at radius 1 is 1.32 bits per heavy atom. The van der Waals surface area contributed by atoms with Crippen molar-refractivity contribution < 1.29 is 9.18 Å². The van der Waals surface area contributed by atoms with Crippen LogP contribution in [0.4, 0.5) is 4.39 Å². The molecule has 0 atom stereocenters. The summed E-state index contributed by atoms with van der Waals surface area (Å²) < 4.78 is 14.0. The molecule has 0 aliphatic carbocycles. The van der Waals surface area contributed by atoms with E-state index < -0.39 is 11.7 Å². The number of hydrogen-bond donors (Lipinski definition) is 0. The molecule has 4 heteroatoms. The quantitative estimate of drug-likeness (QED) is 0.609. The summed E-state index contributed by atoms with van der Waals surface area (Å²) in [4.78, 5) is 16.9. The van der Waals surface area contributed by atoms with Gasteiger partial charge in [0.05, 0.1) is 11.8 Å². The van der Waals surface area contributed by atoms with Crippen LogP contribution < -0.4 is 0 Å². The fraction of sp³-hybridized carbons (Fsp3) is 0.0667. The number of terminal acetylenes is 1. The lowest BCUT2D eigenvalue weighted by molar-refractivity contribution is 0.0860. The van der Waals surface area contributed by atoms with Crippen molar-refractivity contribution in [1.29, 1.82) is 0 Å². The van der Waals surface area contributed by atoms with Crippen LogP contribution in [-0.2, 0) is 0 Å². The Morgan fingerprint density at radius 2 is 2.00 bits per heavy atom. The van der Waals surface area contributed by atoms with Gasteiger partial charge < -0.3 is 0 Å². The van der Waals surface area contributed by atoms with Crippen LogP contribution in [0.3, 0.4) is 0 Å². The normalized spacial score (nSPS) is 9.74. The lowest BCUT2D eigenvalue weighted by Gasteiger charge is -2.13. The van der Waals surface area contributed by atoms with Gasteiger partial charge in [-0.1, -0.05) is 36.8 Å². The van der Waals surface area contributed by atoms with E-state index in [1.54, 1.807) is 24.3 Å². The standard InChI is InChI=1S/C15H11FN2O/c1-3-18(2)15(19)12-9-17-10-13(16)14(12)11-7-5-4-6-8-11/h1,4-10H,2H3. The average molecular weight is 254 g/mol. The zero-order valence-electron chi connectivity index (χ0n) is 10.3. The first-order valence-corrected chi connectivity index (χ1v) is 5.58. The van der Waals surface area contributed by atoms with Crippen LogP contribution in [0.15, 0.2) is 42.7 Å². The van der Waals surface area contributed by atoms with Crippen molar-refractivity contribution in [2.75, 3.05) is 7.05 Å². The summed E-state index contributed by atoms with van der Waals surface area (Å²) in [5.41, 5.74) is 0.963. The van der Waals surface area contributed by atoms with Gasteiger partial charge in [0.1, 0.15) is 5.82 Å². The molecule has 0 saturated heterocycles. The first kappa shape index (κ1) is 12.8. The minimum absolute atomic E-state index is 0.145. The van der Waals surface area contributed by atoms with Gasteiger partial charge in [0, 0.05) is 24.9 Å². The van der Waals surface area contributed by atoms with Crippen molar-refractivity contribution in [3.63, 3.8) is 0 Å². The molecule has 0 bridgehead atoms. The fourth-order valence-corrected chi connectivity index (χ4v) is 1.73. The van der Waals surface area contributed by atoms with Gasteiger partial charge in [-0.3, -0.25) is 14.7 Å². The Hall–Kier alpha value is -2.67. The highest BCUT2D eigenvalue weighted by Crippen LogP contribution is 2.26. The first-order valence-electron chi connectivity index (χ1n) is 5.58. The van der Waals surface area contributed by atoms with Gasteiger partial charge >= 0.3 is 0 Å². The van der Waals surface area contributed by atoms with Crippen LogP contribution in [0.2, 0.25) is 0 Å². The van der Waals surface area contributed by atoms with Gasteiger partial charge in [-0.25, -0.2) is 4.39 Å². The van der Waals surface area contributed by atoms with E-state index in [4.69, 9.17) is 6.42 Å². The summed E-state index contributed by atoms with van der Waals surface area (Å²) in [6.45, 7) is 0. The minimum Gasteiger partial charge on any atom is -0.271 e. The van der Waals surface area contributed by atoms with Crippen LogP contribution in [0, 0.1) is 18.3 Å². The van der Waals surface area contributed by atoms with E-state index in [1.807, 2.05) is 6.07 Å². The van der Waals surface area contributed by atoms with E-state index in [0.717, 1.165) is 11.1 Å². The fourth-order valence-electron chi connectivity index (χ4n) is 1.73. The Balaban J connectivity index is 2.62. The first-order chi connectivity index (χ1) is 9.15. The molecule has 0 fully saturated rings. The zero-order chi connectivity index (χ0) is 13.8. The third kappa shape index (κ3) is 2.45. The molecule has 0 spiro atoms. The molecule has 1 aromatic carbocycles. The number of halogens is 1. The van der Waals surface area contributed by atoms with Gasteiger partial charge in [0.2, 0.25) is 0 Å². The summed E-state index contributed by atoms with van der Waals surface area (Å²) >= 11 is 0. The highest BCUT2D eigenvalue weighted by atomic mass is 19.1. The Kier molecular flexibility index (Phi) is 3.58. The molecule has 2 aromatic rings. The number of hydrogen-bond acceptors (Lipinski definition) is 2. The second kappa shape index (κ2) is 5.32. The molecule has 0 aliphatic heterocycles. The van der Waals surface area contributed by atoms with Crippen molar-refractivity contribution in [2.24, 2.45) is 0 Å². The summed E-state index contributed by atoms with van der Waals surface area (Å²) in [6, 6.07) is 11.0. The van der Waals surface area contributed by atoms with Crippen molar-refractivity contribution in [2.45, 2.75) is 0 Å². The summed E-state index contributed by atoms with van der Waals surface area (Å²) in [5, 5.41) is 0. The summed E-state index contributed by atoms with van der Waals surface area (Å²) in [6.07, 6.45) is 7.58. The van der Waals surface area contributed by atoms with E-state index >= 15 is 0 Å². The van der Waals surface area contributed by atoms with Crippen LogP contribution in [-0.4, -0.2) is 22.8 Å². The molecule has 1 heterocycles. The molecule has 1 amide bonds. The maximum Gasteiger partial charge on any atom is 0.267 e. The predicted octanol–water partition coefficient (Wildman–Crippen LogP) is 2.55.